The van der Waals surface area contributed by atoms with Crippen molar-refractivity contribution in [3.8, 4) is 6.07 Å². The molecular weight excluding hydrogens is 298 g/mol. The maximum atomic E-state index is 12.6. The van der Waals surface area contributed by atoms with Crippen LogP contribution < -0.4 is 0 Å². The molecule has 0 aromatic heterocycles. The zero-order valence-corrected chi connectivity index (χ0v) is 13.7. The molecule has 2 aromatic carbocycles. The van der Waals surface area contributed by atoms with Crippen molar-refractivity contribution in [2.45, 2.75) is 13.0 Å². The van der Waals surface area contributed by atoms with E-state index >= 15 is 0 Å². The van der Waals surface area contributed by atoms with E-state index in [0.29, 0.717) is 12.0 Å². The highest BCUT2D eigenvalue weighted by Gasteiger charge is 2.22. The van der Waals surface area contributed by atoms with Gasteiger partial charge in [0.15, 0.2) is 0 Å². The summed E-state index contributed by atoms with van der Waals surface area (Å²) in [4.78, 5) is 16.9. The molecule has 4 heteroatoms. The molecule has 0 saturated carbocycles. The summed E-state index contributed by atoms with van der Waals surface area (Å²) in [6, 6.07) is 20.0. The number of benzene rings is 2. The van der Waals surface area contributed by atoms with Crippen LogP contribution in [0.1, 0.15) is 21.5 Å². The summed E-state index contributed by atoms with van der Waals surface area (Å²) in [6.45, 7) is 4.19. The minimum absolute atomic E-state index is 0.0640. The first-order valence-electron chi connectivity index (χ1n) is 8.28. The number of nitriles is 1. The van der Waals surface area contributed by atoms with Gasteiger partial charge in [-0.3, -0.25) is 9.69 Å². The fourth-order valence-electron chi connectivity index (χ4n) is 3.04. The van der Waals surface area contributed by atoms with Crippen LogP contribution in [-0.2, 0) is 13.0 Å². The molecular formula is C20H21N3O. The maximum absolute atomic E-state index is 12.6. The fraction of sp³-hybridized carbons (Fsp3) is 0.300. The Morgan fingerprint density at radius 2 is 1.67 bits per heavy atom. The molecule has 1 heterocycles. The van der Waals surface area contributed by atoms with Crippen LogP contribution in [0, 0.1) is 11.3 Å². The van der Waals surface area contributed by atoms with E-state index in [1.807, 2.05) is 35.2 Å². The van der Waals surface area contributed by atoms with E-state index in [1.165, 1.54) is 5.56 Å². The van der Waals surface area contributed by atoms with Crippen LogP contribution in [0.2, 0.25) is 0 Å². The molecule has 0 unspecified atom stereocenters. The van der Waals surface area contributed by atoms with Crippen LogP contribution in [-0.4, -0.2) is 41.9 Å². The molecule has 1 amide bonds. The van der Waals surface area contributed by atoms with Gasteiger partial charge in [0.1, 0.15) is 0 Å². The molecule has 4 nitrogen and oxygen atoms in total. The lowest BCUT2D eigenvalue weighted by Crippen LogP contribution is -2.48. The quantitative estimate of drug-likeness (QED) is 0.870. The number of carbonyl (C=O) groups is 1. The lowest BCUT2D eigenvalue weighted by molar-refractivity contribution is 0.0628. The molecule has 0 radical (unpaired) electrons. The van der Waals surface area contributed by atoms with Crippen LogP contribution in [0.4, 0.5) is 0 Å². The largest absolute Gasteiger partial charge is 0.336 e. The first kappa shape index (κ1) is 16.2. The number of hydrogen-bond donors (Lipinski definition) is 0. The summed E-state index contributed by atoms with van der Waals surface area (Å²) in [6.07, 6.45) is 0.339. The first-order valence-corrected chi connectivity index (χ1v) is 8.28. The Labute approximate surface area is 142 Å². The van der Waals surface area contributed by atoms with E-state index < -0.39 is 0 Å². The Morgan fingerprint density at radius 3 is 2.38 bits per heavy atom. The second-order valence-electron chi connectivity index (χ2n) is 6.09. The molecule has 0 atom stereocenters. The Bertz CT molecular complexity index is 728. The fourth-order valence-corrected chi connectivity index (χ4v) is 3.04. The van der Waals surface area contributed by atoms with Crippen LogP contribution in [0.25, 0.3) is 0 Å². The van der Waals surface area contributed by atoms with Crippen LogP contribution >= 0.6 is 0 Å². The third kappa shape index (κ3) is 4.01. The molecule has 2 aromatic rings. The number of nitrogens with zero attached hydrogens (tertiary/aromatic N) is 3. The standard InChI is InChI=1S/C20H21N3O/c21-10-9-17-7-4-8-19(15-17)20(24)23-13-11-22(12-14-23)16-18-5-2-1-3-6-18/h1-8,15H,9,11-14,16H2. The van der Waals surface area contributed by atoms with E-state index in [4.69, 9.17) is 5.26 Å². The minimum atomic E-state index is 0.0640. The SMILES string of the molecule is N#CCc1cccc(C(=O)N2CCN(Cc3ccccc3)CC2)c1. The first-order chi connectivity index (χ1) is 11.8. The van der Waals surface area contributed by atoms with Gasteiger partial charge in [0.05, 0.1) is 12.5 Å². The molecule has 1 aliphatic rings. The molecule has 122 valence electrons. The van der Waals surface area contributed by atoms with Crippen molar-refractivity contribution in [1.29, 1.82) is 5.26 Å². The van der Waals surface area contributed by atoms with Gasteiger partial charge in [-0.15, -0.1) is 0 Å². The zero-order valence-electron chi connectivity index (χ0n) is 13.7. The van der Waals surface area contributed by atoms with Gasteiger partial charge in [0.2, 0.25) is 0 Å². The van der Waals surface area contributed by atoms with Crippen molar-refractivity contribution < 1.29 is 4.79 Å². The summed E-state index contributed by atoms with van der Waals surface area (Å²) < 4.78 is 0. The number of piperazine rings is 1. The highest BCUT2D eigenvalue weighted by atomic mass is 16.2. The van der Waals surface area contributed by atoms with Gasteiger partial charge in [-0.1, -0.05) is 42.5 Å². The monoisotopic (exact) mass is 319 g/mol. The third-order valence-electron chi connectivity index (χ3n) is 4.37. The van der Waals surface area contributed by atoms with Gasteiger partial charge in [-0.05, 0) is 23.3 Å². The van der Waals surface area contributed by atoms with Gasteiger partial charge in [-0.25, -0.2) is 0 Å². The number of amides is 1. The normalized spacial score (nSPS) is 15.0. The van der Waals surface area contributed by atoms with E-state index in [9.17, 15) is 4.79 Å². The van der Waals surface area contributed by atoms with Gasteiger partial charge in [-0.2, -0.15) is 5.26 Å². The lowest BCUT2D eigenvalue weighted by atomic mass is 10.1. The summed E-state index contributed by atoms with van der Waals surface area (Å²) in [5.41, 5.74) is 2.88. The highest BCUT2D eigenvalue weighted by molar-refractivity contribution is 5.94. The average molecular weight is 319 g/mol. The minimum Gasteiger partial charge on any atom is -0.336 e. The van der Waals surface area contributed by atoms with Crippen LogP contribution in [0.5, 0.6) is 0 Å². The second kappa shape index (κ2) is 7.76. The highest BCUT2D eigenvalue weighted by Crippen LogP contribution is 2.13. The topological polar surface area (TPSA) is 47.3 Å². The zero-order chi connectivity index (χ0) is 16.8. The molecule has 0 spiro atoms. The van der Waals surface area contributed by atoms with E-state index in [1.54, 1.807) is 0 Å². The summed E-state index contributed by atoms with van der Waals surface area (Å²) in [5, 5.41) is 8.80. The Kier molecular flexibility index (Phi) is 5.25. The predicted octanol–water partition coefficient (Wildman–Crippen LogP) is 2.71. The van der Waals surface area contributed by atoms with Crippen LogP contribution in [0.3, 0.4) is 0 Å². The number of hydrogen-bond acceptors (Lipinski definition) is 3. The van der Waals surface area contributed by atoms with Crippen molar-refractivity contribution >= 4 is 5.91 Å². The number of carbonyl (C=O) groups excluding carboxylic acids is 1. The Morgan fingerprint density at radius 1 is 0.958 bits per heavy atom. The lowest BCUT2D eigenvalue weighted by Gasteiger charge is -2.34. The van der Waals surface area contributed by atoms with E-state index in [0.717, 1.165) is 38.3 Å². The summed E-state index contributed by atoms with van der Waals surface area (Å²) >= 11 is 0. The molecule has 24 heavy (non-hydrogen) atoms. The molecule has 0 aliphatic carbocycles. The van der Waals surface area contributed by atoms with Crippen LogP contribution in [0.15, 0.2) is 54.6 Å². The second-order valence-corrected chi connectivity index (χ2v) is 6.09. The molecule has 1 aliphatic heterocycles. The molecule has 1 fully saturated rings. The molecule has 3 rings (SSSR count). The smallest absolute Gasteiger partial charge is 0.253 e. The molecule has 0 bridgehead atoms. The Hall–Kier alpha value is -2.64. The van der Waals surface area contributed by atoms with Gasteiger partial charge in [0.25, 0.3) is 5.91 Å². The number of rotatable bonds is 4. The average Bonchev–Trinajstić information content (AvgIpc) is 2.63. The molecule has 1 saturated heterocycles. The maximum Gasteiger partial charge on any atom is 0.253 e. The molecule has 0 N–H and O–H groups in total. The summed E-state index contributed by atoms with van der Waals surface area (Å²) in [5.74, 6) is 0.0640. The van der Waals surface area contributed by atoms with Gasteiger partial charge in [0, 0.05) is 38.3 Å². The van der Waals surface area contributed by atoms with E-state index in [2.05, 4.69) is 35.2 Å². The van der Waals surface area contributed by atoms with Gasteiger partial charge < -0.3 is 4.90 Å². The third-order valence-corrected chi connectivity index (χ3v) is 4.37. The Balaban J connectivity index is 1.57. The predicted molar refractivity (Wildman–Crippen MR) is 93.4 cm³/mol. The van der Waals surface area contributed by atoms with Crippen molar-refractivity contribution in [2.75, 3.05) is 26.2 Å². The van der Waals surface area contributed by atoms with E-state index in [-0.39, 0.29) is 5.91 Å². The van der Waals surface area contributed by atoms with Crippen molar-refractivity contribution in [3.05, 3.63) is 71.3 Å². The summed E-state index contributed by atoms with van der Waals surface area (Å²) in [7, 11) is 0. The van der Waals surface area contributed by atoms with Crippen molar-refractivity contribution in [2.24, 2.45) is 0 Å². The van der Waals surface area contributed by atoms with Crippen molar-refractivity contribution in [3.63, 3.8) is 0 Å². The van der Waals surface area contributed by atoms with Gasteiger partial charge >= 0.3 is 0 Å². The van der Waals surface area contributed by atoms with Crippen molar-refractivity contribution in [1.82, 2.24) is 9.80 Å².